The third-order valence-electron chi connectivity index (χ3n) is 8.08. The number of nitrogens with zero attached hydrogens (tertiary/aromatic N) is 3. The second kappa shape index (κ2) is 8.50. The van der Waals surface area contributed by atoms with E-state index in [-0.39, 0.29) is 41.9 Å². The number of allylic oxidation sites excluding steroid dienone is 1. The van der Waals surface area contributed by atoms with E-state index in [0.29, 0.717) is 12.1 Å². The van der Waals surface area contributed by atoms with Gasteiger partial charge in [-0.15, -0.1) is 0 Å². The van der Waals surface area contributed by atoms with Crippen LogP contribution in [0.15, 0.2) is 23.0 Å². The molecule has 7 heteroatoms. The maximum Gasteiger partial charge on any atom is 0.258 e. The lowest BCUT2D eigenvalue weighted by Gasteiger charge is -2.42. The number of pyridine rings is 1. The highest BCUT2D eigenvalue weighted by Crippen LogP contribution is 2.50. The number of aliphatic hydroxyl groups is 1. The monoisotopic (exact) mass is 439 g/mol. The van der Waals surface area contributed by atoms with Crippen LogP contribution in [-0.4, -0.2) is 57.0 Å². The second-order valence-electron chi connectivity index (χ2n) is 9.77. The minimum absolute atomic E-state index is 0.00347. The molecule has 3 aliphatic heterocycles. The Bertz CT molecular complexity index is 989. The Labute approximate surface area is 188 Å². The quantitative estimate of drug-likeness (QED) is 0.780. The number of likely N-dealkylation sites (tertiary alicyclic amines) is 1. The third kappa shape index (κ3) is 3.24. The summed E-state index contributed by atoms with van der Waals surface area (Å²) in [5, 5.41) is 10.4. The third-order valence-corrected chi connectivity index (χ3v) is 8.08. The first-order valence-corrected chi connectivity index (χ1v) is 12.1. The molecule has 1 aliphatic carbocycles. The molecule has 1 N–H and O–H groups in total. The van der Waals surface area contributed by atoms with Gasteiger partial charge in [0.2, 0.25) is 11.8 Å². The largest absolute Gasteiger partial charge is 0.396 e. The van der Waals surface area contributed by atoms with Crippen molar-refractivity contribution in [2.75, 3.05) is 19.7 Å². The van der Waals surface area contributed by atoms with Gasteiger partial charge in [0, 0.05) is 49.3 Å². The van der Waals surface area contributed by atoms with Crippen LogP contribution < -0.4 is 5.56 Å². The first-order chi connectivity index (χ1) is 15.6. The van der Waals surface area contributed by atoms with Crippen molar-refractivity contribution in [3.63, 3.8) is 0 Å². The molecule has 1 aromatic rings. The lowest BCUT2D eigenvalue weighted by atomic mass is 9.83. The number of aromatic nitrogens is 1. The summed E-state index contributed by atoms with van der Waals surface area (Å²) in [5.41, 5.74) is 1.25. The van der Waals surface area contributed by atoms with Crippen LogP contribution in [-0.2, 0) is 16.1 Å². The van der Waals surface area contributed by atoms with Gasteiger partial charge in [0.1, 0.15) is 0 Å². The number of hydrogen-bond acceptors (Lipinski definition) is 4. The Hall–Kier alpha value is -2.41. The molecular weight excluding hydrogens is 406 g/mol. The molecule has 3 fully saturated rings. The van der Waals surface area contributed by atoms with E-state index in [0.717, 1.165) is 57.3 Å². The summed E-state index contributed by atoms with van der Waals surface area (Å²) in [5.74, 6) is -0.740. The Morgan fingerprint density at radius 3 is 2.47 bits per heavy atom. The van der Waals surface area contributed by atoms with E-state index in [1.807, 2.05) is 28.9 Å². The summed E-state index contributed by atoms with van der Waals surface area (Å²) < 4.78 is 1.75. The topological polar surface area (TPSA) is 82.8 Å². The first-order valence-electron chi connectivity index (χ1n) is 12.1. The van der Waals surface area contributed by atoms with Crippen molar-refractivity contribution in [1.82, 2.24) is 14.4 Å². The summed E-state index contributed by atoms with van der Waals surface area (Å²) in [7, 11) is 0. The lowest BCUT2D eigenvalue weighted by molar-refractivity contribution is -0.144. The molecule has 7 nitrogen and oxygen atoms in total. The summed E-state index contributed by atoms with van der Waals surface area (Å²) in [6, 6.07) is 2.90. The van der Waals surface area contributed by atoms with Gasteiger partial charge in [-0.05, 0) is 51.2 Å². The maximum atomic E-state index is 13.8. The van der Waals surface area contributed by atoms with Crippen LogP contribution in [0.25, 0.3) is 6.08 Å². The second-order valence-corrected chi connectivity index (χ2v) is 9.77. The zero-order valence-corrected chi connectivity index (χ0v) is 18.8. The number of fused-ring (bicyclic) bond motifs is 4. The number of hydrogen-bond donors (Lipinski definition) is 1. The van der Waals surface area contributed by atoms with Crippen LogP contribution in [0.1, 0.15) is 62.7 Å². The van der Waals surface area contributed by atoms with Gasteiger partial charge >= 0.3 is 0 Å². The van der Waals surface area contributed by atoms with E-state index in [1.165, 1.54) is 0 Å². The fourth-order valence-electron chi connectivity index (χ4n) is 6.20. The molecule has 1 saturated carbocycles. The summed E-state index contributed by atoms with van der Waals surface area (Å²) in [6.07, 6.45) is 9.57. The van der Waals surface area contributed by atoms with Crippen molar-refractivity contribution >= 4 is 17.9 Å². The van der Waals surface area contributed by atoms with E-state index < -0.39 is 12.0 Å². The van der Waals surface area contributed by atoms with E-state index in [1.54, 1.807) is 16.7 Å². The molecule has 4 aliphatic rings. The standard InChI is InChI=1S/C25H33N3O4/c1-2-7-16-10-11-19-22-21(25(32)26-12-4-3-5-13-26)18(15-29)20(14-27(19)23(16)30)28(22)24(31)17-8-6-9-17/h2,7,10-11,17-18,20-22,29H,3-6,8-9,12-15H2,1H3/b7-2+/t18-,20-,21+,22+/m1/s1. The van der Waals surface area contributed by atoms with Gasteiger partial charge in [0.25, 0.3) is 5.56 Å². The van der Waals surface area contributed by atoms with E-state index in [9.17, 15) is 19.5 Å². The Balaban J connectivity index is 1.61. The highest BCUT2D eigenvalue weighted by atomic mass is 16.3. The molecule has 1 aromatic heterocycles. The Kier molecular flexibility index (Phi) is 5.70. The van der Waals surface area contributed by atoms with Gasteiger partial charge in [-0.25, -0.2) is 0 Å². The average molecular weight is 440 g/mol. The first kappa shape index (κ1) is 21.4. The predicted molar refractivity (Wildman–Crippen MR) is 121 cm³/mol. The minimum Gasteiger partial charge on any atom is -0.396 e. The van der Waals surface area contributed by atoms with E-state index in [2.05, 4.69) is 0 Å². The van der Waals surface area contributed by atoms with Gasteiger partial charge in [0.15, 0.2) is 0 Å². The van der Waals surface area contributed by atoms with Crippen molar-refractivity contribution in [2.24, 2.45) is 17.8 Å². The SMILES string of the molecule is C/C=C/c1ccc2n(c1=O)C[C@@H]1[C@@H](CO)[C@H](C(=O)N3CCCCC3)[C@H]2N1C(=O)C1CCC1. The number of aliphatic hydroxyl groups excluding tert-OH is 1. The smallest absolute Gasteiger partial charge is 0.258 e. The summed E-state index contributed by atoms with van der Waals surface area (Å²) in [4.78, 5) is 44.3. The highest BCUT2D eigenvalue weighted by molar-refractivity contribution is 5.86. The van der Waals surface area contributed by atoms with Crippen LogP contribution in [0.5, 0.6) is 0 Å². The fraction of sp³-hybridized carbons (Fsp3) is 0.640. The summed E-state index contributed by atoms with van der Waals surface area (Å²) in [6.45, 7) is 3.51. The van der Waals surface area contributed by atoms with Crippen molar-refractivity contribution in [2.45, 2.75) is 64.1 Å². The van der Waals surface area contributed by atoms with Crippen LogP contribution in [0.4, 0.5) is 0 Å². The van der Waals surface area contributed by atoms with Crippen LogP contribution in [0, 0.1) is 17.8 Å². The molecule has 32 heavy (non-hydrogen) atoms. The van der Waals surface area contributed by atoms with E-state index in [4.69, 9.17) is 0 Å². The van der Waals surface area contributed by atoms with Gasteiger partial charge < -0.3 is 19.5 Å². The number of carbonyl (C=O) groups is 2. The zero-order chi connectivity index (χ0) is 22.4. The molecule has 0 aromatic carbocycles. The van der Waals surface area contributed by atoms with Crippen LogP contribution in [0.3, 0.4) is 0 Å². The summed E-state index contributed by atoms with van der Waals surface area (Å²) >= 11 is 0. The molecule has 2 amide bonds. The van der Waals surface area contributed by atoms with Crippen LogP contribution >= 0.6 is 0 Å². The molecule has 4 heterocycles. The molecule has 2 saturated heterocycles. The molecule has 4 atom stereocenters. The van der Waals surface area contributed by atoms with Gasteiger partial charge in [-0.2, -0.15) is 0 Å². The molecule has 0 unspecified atom stereocenters. The molecule has 2 bridgehead atoms. The van der Waals surface area contributed by atoms with Crippen molar-refractivity contribution in [3.8, 4) is 0 Å². The van der Waals surface area contributed by atoms with Crippen LogP contribution in [0.2, 0.25) is 0 Å². The van der Waals surface area contributed by atoms with Gasteiger partial charge in [-0.3, -0.25) is 14.4 Å². The normalized spacial score (nSPS) is 29.8. The zero-order valence-electron chi connectivity index (χ0n) is 18.8. The molecular formula is C25H33N3O4. The van der Waals surface area contributed by atoms with Gasteiger partial charge in [-0.1, -0.05) is 18.6 Å². The molecule has 0 spiro atoms. The Morgan fingerprint density at radius 2 is 1.84 bits per heavy atom. The predicted octanol–water partition coefficient (Wildman–Crippen LogP) is 2.18. The number of rotatable bonds is 4. The van der Waals surface area contributed by atoms with E-state index >= 15 is 0 Å². The van der Waals surface area contributed by atoms with Crippen molar-refractivity contribution in [1.29, 1.82) is 0 Å². The number of amides is 2. The minimum atomic E-state index is -0.507. The fourth-order valence-corrected chi connectivity index (χ4v) is 6.20. The van der Waals surface area contributed by atoms with Crippen molar-refractivity contribution < 1.29 is 14.7 Å². The molecule has 5 rings (SSSR count). The highest BCUT2D eigenvalue weighted by Gasteiger charge is 2.58. The Morgan fingerprint density at radius 1 is 1.09 bits per heavy atom. The average Bonchev–Trinajstić information content (AvgIpc) is 3.01. The molecule has 0 radical (unpaired) electrons. The van der Waals surface area contributed by atoms with Gasteiger partial charge in [0.05, 0.1) is 18.0 Å². The number of piperidine rings is 1. The lowest BCUT2D eigenvalue weighted by Crippen LogP contribution is -2.52. The molecule has 172 valence electrons. The number of carbonyl (C=O) groups excluding carboxylic acids is 2. The maximum absolute atomic E-state index is 13.8. The van der Waals surface area contributed by atoms with Crippen molar-refractivity contribution in [3.05, 3.63) is 39.8 Å².